The summed E-state index contributed by atoms with van der Waals surface area (Å²) in [5.74, 6) is 0. The summed E-state index contributed by atoms with van der Waals surface area (Å²) in [5.41, 5.74) is 0. The van der Waals surface area contributed by atoms with Crippen LogP contribution in [0.1, 0.15) is 66.7 Å². The van der Waals surface area contributed by atoms with Gasteiger partial charge in [0.05, 0.1) is 32.8 Å². The van der Waals surface area contributed by atoms with Crippen LogP contribution in [0.2, 0.25) is 0 Å². The van der Waals surface area contributed by atoms with Gasteiger partial charge in [-0.25, -0.2) is 0 Å². The van der Waals surface area contributed by atoms with Gasteiger partial charge in [-0.3, -0.25) is 9.13 Å². The number of carbonyl (C=O) groups excluding carboxylic acids is 1. The zero-order valence-corrected chi connectivity index (χ0v) is 19.1. The van der Waals surface area contributed by atoms with Crippen molar-refractivity contribution in [1.29, 1.82) is 0 Å². The molecule has 0 aromatic heterocycles. The average Bonchev–Trinajstić information content (AvgIpc) is 2.61. The van der Waals surface area contributed by atoms with E-state index in [0.717, 1.165) is 19.3 Å². The molecule has 0 saturated heterocycles. The Morgan fingerprint density at radius 1 is 0.741 bits per heavy atom. The molecule has 0 aromatic carbocycles. The van der Waals surface area contributed by atoms with Crippen molar-refractivity contribution in [3.63, 3.8) is 0 Å². The largest absolute Gasteiger partial charge is 0.375 e. The molecule has 0 saturated carbocycles. The summed E-state index contributed by atoms with van der Waals surface area (Å²) in [6, 6.07) is 0. The quantitative estimate of drug-likeness (QED) is 0.163. The molecule has 162 valence electrons. The van der Waals surface area contributed by atoms with Crippen molar-refractivity contribution in [1.82, 2.24) is 0 Å². The minimum atomic E-state index is -4.18. The van der Waals surface area contributed by atoms with E-state index in [2.05, 4.69) is 6.92 Å². The molecule has 0 N–H and O–H groups in total. The molecule has 0 bridgehead atoms. The van der Waals surface area contributed by atoms with Crippen LogP contribution in [-0.4, -0.2) is 44.4 Å². The van der Waals surface area contributed by atoms with E-state index in [1.807, 2.05) is 0 Å². The first-order chi connectivity index (χ1) is 12.9. The Labute approximate surface area is 163 Å². The normalized spacial score (nSPS) is 13.1. The fraction of sp³-hybridized carbons (Fsp3) is 0.941. The first-order valence-electron chi connectivity index (χ1n) is 9.72. The van der Waals surface area contributed by atoms with E-state index in [1.165, 1.54) is 0 Å². The van der Waals surface area contributed by atoms with Crippen molar-refractivity contribution in [3.8, 4) is 0 Å². The van der Waals surface area contributed by atoms with Crippen molar-refractivity contribution in [3.05, 3.63) is 0 Å². The molecule has 8 nitrogen and oxygen atoms in total. The molecule has 0 aromatic rings. The number of aldehydes is 1. The third-order valence-corrected chi connectivity index (χ3v) is 9.93. The lowest BCUT2D eigenvalue weighted by Crippen LogP contribution is -2.37. The molecule has 0 atom stereocenters. The maximum Gasteiger partial charge on any atom is 0.375 e. The van der Waals surface area contributed by atoms with Gasteiger partial charge in [-0.05, 0) is 34.1 Å². The standard InChI is InChI=1S/C17H36O8P2/c1-6-11-12-13-16-21-17(14-15-18,26(19,22-7-2)23-8-3)27(20,24-9-4)25-10-5/h15H,6-14,16H2,1-5H3. The van der Waals surface area contributed by atoms with Gasteiger partial charge in [-0.1, -0.05) is 26.2 Å². The zero-order valence-electron chi connectivity index (χ0n) is 17.3. The molecule has 0 radical (unpaired) electrons. The molecule has 0 aliphatic carbocycles. The zero-order chi connectivity index (χ0) is 20.8. The van der Waals surface area contributed by atoms with Gasteiger partial charge in [0.25, 0.3) is 5.08 Å². The predicted octanol–water partition coefficient (Wildman–Crippen LogP) is 5.36. The number of carbonyl (C=O) groups is 1. The number of rotatable bonds is 18. The van der Waals surface area contributed by atoms with Gasteiger partial charge in [0.1, 0.15) is 6.29 Å². The Bertz CT molecular complexity index is 447. The summed E-state index contributed by atoms with van der Waals surface area (Å²) >= 11 is 0. The van der Waals surface area contributed by atoms with Crippen molar-refractivity contribution >= 4 is 21.5 Å². The molecule has 0 unspecified atom stereocenters. The summed E-state index contributed by atoms with van der Waals surface area (Å²) in [6.45, 7) is 8.82. The van der Waals surface area contributed by atoms with E-state index in [4.69, 9.17) is 22.8 Å². The van der Waals surface area contributed by atoms with Crippen molar-refractivity contribution in [2.24, 2.45) is 0 Å². The van der Waals surface area contributed by atoms with E-state index < -0.39 is 26.7 Å². The fourth-order valence-electron chi connectivity index (χ4n) is 2.62. The van der Waals surface area contributed by atoms with Gasteiger partial charge in [0.15, 0.2) is 0 Å². The van der Waals surface area contributed by atoms with Gasteiger partial charge in [-0.2, -0.15) is 0 Å². The molecule has 0 aliphatic rings. The molecular formula is C17H36O8P2. The van der Waals surface area contributed by atoms with Gasteiger partial charge < -0.3 is 27.6 Å². The first kappa shape index (κ1) is 26.9. The van der Waals surface area contributed by atoms with Crippen LogP contribution in [0.4, 0.5) is 0 Å². The van der Waals surface area contributed by atoms with Crippen LogP contribution in [0.3, 0.4) is 0 Å². The molecule has 0 amide bonds. The first-order valence-corrected chi connectivity index (χ1v) is 12.8. The summed E-state index contributed by atoms with van der Waals surface area (Å²) in [7, 11) is -8.36. The van der Waals surface area contributed by atoms with Crippen LogP contribution < -0.4 is 0 Å². The minimum absolute atomic E-state index is 0.0231. The van der Waals surface area contributed by atoms with Gasteiger partial charge in [0, 0.05) is 6.61 Å². The highest BCUT2D eigenvalue weighted by molar-refractivity contribution is 7.74. The molecule has 0 aliphatic heterocycles. The highest BCUT2D eigenvalue weighted by atomic mass is 31.2. The molecule has 0 heterocycles. The van der Waals surface area contributed by atoms with Gasteiger partial charge in [0.2, 0.25) is 0 Å². The van der Waals surface area contributed by atoms with Crippen molar-refractivity contribution < 1.29 is 36.8 Å². The highest BCUT2D eigenvalue weighted by Crippen LogP contribution is 2.79. The molecule has 0 spiro atoms. The number of hydrogen-bond acceptors (Lipinski definition) is 8. The second kappa shape index (κ2) is 14.0. The fourth-order valence-corrected chi connectivity index (χ4v) is 7.93. The van der Waals surface area contributed by atoms with Gasteiger partial charge >= 0.3 is 15.2 Å². The molecule has 10 heteroatoms. The lowest BCUT2D eigenvalue weighted by Gasteiger charge is -2.40. The van der Waals surface area contributed by atoms with Gasteiger partial charge in [-0.15, -0.1) is 0 Å². The van der Waals surface area contributed by atoms with Crippen molar-refractivity contribution in [2.45, 2.75) is 71.8 Å². The summed E-state index contributed by atoms with van der Waals surface area (Å²) in [4.78, 5) is 11.5. The highest BCUT2D eigenvalue weighted by Gasteiger charge is 2.66. The van der Waals surface area contributed by atoms with E-state index in [9.17, 15) is 13.9 Å². The average molecular weight is 430 g/mol. The Balaban J connectivity index is 6.19. The SMILES string of the molecule is CCCCCCOC(CC=O)(P(=O)(OCC)OCC)P(=O)(OCC)OCC. The second-order valence-electron chi connectivity index (χ2n) is 5.69. The van der Waals surface area contributed by atoms with Crippen LogP contribution in [0, 0.1) is 0 Å². The number of ether oxygens (including phenoxy) is 1. The lowest BCUT2D eigenvalue weighted by molar-refractivity contribution is -0.111. The molecule has 0 fully saturated rings. The molecular weight excluding hydrogens is 394 g/mol. The van der Waals surface area contributed by atoms with Crippen LogP contribution in [-0.2, 0) is 36.8 Å². The maximum absolute atomic E-state index is 13.7. The van der Waals surface area contributed by atoms with Crippen LogP contribution >= 0.6 is 15.2 Å². The Hall–Kier alpha value is -0.0700. The van der Waals surface area contributed by atoms with E-state index in [-0.39, 0.29) is 33.0 Å². The lowest BCUT2D eigenvalue weighted by atomic mass is 10.2. The van der Waals surface area contributed by atoms with E-state index in [0.29, 0.717) is 12.7 Å². The monoisotopic (exact) mass is 430 g/mol. The van der Waals surface area contributed by atoms with Crippen molar-refractivity contribution in [2.75, 3.05) is 33.0 Å². The van der Waals surface area contributed by atoms with E-state index in [1.54, 1.807) is 27.7 Å². The van der Waals surface area contributed by atoms with E-state index >= 15 is 0 Å². The Morgan fingerprint density at radius 3 is 1.52 bits per heavy atom. The number of unbranched alkanes of at least 4 members (excludes halogenated alkanes) is 3. The van der Waals surface area contributed by atoms with Crippen LogP contribution in [0.15, 0.2) is 0 Å². The summed E-state index contributed by atoms with van der Waals surface area (Å²) in [5, 5.41) is -2.13. The number of hydrogen-bond donors (Lipinski definition) is 0. The maximum atomic E-state index is 13.7. The van der Waals surface area contributed by atoms with Crippen LogP contribution in [0.25, 0.3) is 0 Å². The Kier molecular flexibility index (Phi) is 14.0. The third kappa shape index (κ3) is 7.04. The summed E-state index contributed by atoms with van der Waals surface area (Å²) in [6.07, 6.45) is 3.57. The second-order valence-corrected chi connectivity index (χ2v) is 10.5. The Morgan fingerprint density at radius 2 is 1.19 bits per heavy atom. The predicted molar refractivity (Wildman–Crippen MR) is 105 cm³/mol. The third-order valence-electron chi connectivity index (χ3n) is 3.73. The molecule has 0 rings (SSSR count). The smallest absolute Gasteiger partial charge is 0.352 e. The molecule has 27 heavy (non-hydrogen) atoms. The minimum Gasteiger partial charge on any atom is -0.352 e. The van der Waals surface area contributed by atoms with Crippen LogP contribution in [0.5, 0.6) is 0 Å². The summed E-state index contributed by atoms with van der Waals surface area (Å²) < 4.78 is 55.0. The topological polar surface area (TPSA) is 97.4 Å².